The number of likely N-dealkylation sites (tertiary alicyclic amines) is 1. The second kappa shape index (κ2) is 5.78. The molecule has 0 unspecified atom stereocenters. The van der Waals surface area contributed by atoms with Crippen molar-refractivity contribution in [1.29, 1.82) is 0 Å². The van der Waals surface area contributed by atoms with Crippen molar-refractivity contribution in [3.8, 4) is 6.01 Å². The van der Waals surface area contributed by atoms with Gasteiger partial charge in [0.2, 0.25) is 0 Å². The first-order chi connectivity index (χ1) is 10.2. The number of nitrogens with zero attached hydrogens (tertiary/aromatic N) is 5. The van der Waals surface area contributed by atoms with E-state index in [9.17, 15) is 9.18 Å². The van der Waals surface area contributed by atoms with E-state index in [4.69, 9.17) is 4.74 Å². The normalized spacial score (nSPS) is 17.8. The van der Waals surface area contributed by atoms with Gasteiger partial charge in [-0.1, -0.05) is 0 Å². The molecule has 2 aromatic heterocycles. The van der Waals surface area contributed by atoms with E-state index in [1.807, 2.05) is 0 Å². The molecule has 0 spiro atoms. The summed E-state index contributed by atoms with van der Waals surface area (Å²) in [5, 5.41) is 0. The van der Waals surface area contributed by atoms with Crippen LogP contribution >= 0.6 is 0 Å². The summed E-state index contributed by atoms with van der Waals surface area (Å²) in [6.45, 7) is 0.970. The Bertz CT molecular complexity index is 622. The third kappa shape index (κ3) is 3.10. The maximum Gasteiger partial charge on any atom is 0.316 e. The number of hydrogen-bond acceptors (Lipinski definition) is 6. The number of carbonyl (C=O) groups is 1. The van der Waals surface area contributed by atoms with Crippen LogP contribution in [-0.4, -0.2) is 49.9 Å². The van der Waals surface area contributed by atoms with Gasteiger partial charge in [0.05, 0.1) is 25.1 Å². The molecular weight excluding hydrogens is 277 g/mol. The van der Waals surface area contributed by atoms with E-state index in [0.717, 1.165) is 12.4 Å². The van der Waals surface area contributed by atoms with Crippen LogP contribution in [0.1, 0.15) is 16.9 Å². The van der Waals surface area contributed by atoms with Gasteiger partial charge in [0.1, 0.15) is 11.8 Å². The van der Waals surface area contributed by atoms with Crippen LogP contribution in [0, 0.1) is 5.82 Å². The average Bonchev–Trinajstić information content (AvgIpc) is 2.98. The van der Waals surface area contributed by atoms with Gasteiger partial charge in [-0.25, -0.2) is 19.3 Å². The molecule has 1 saturated heterocycles. The van der Waals surface area contributed by atoms with Gasteiger partial charge in [-0.15, -0.1) is 0 Å². The summed E-state index contributed by atoms with van der Waals surface area (Å²) in [7, 11) is 0. The quantitative estimate of drug-likeness (QED) is 0.827. The minimum Gasteiger partial charge on any atom is -0.458 e. The highest BCUT2D eigenvalue weighted by Crippen LogP contribution is 2.16. The minimum atomic E-state index is -0.520. The highest BCUT2D eigenvalue weighted by Gasteiger charge is 2.29. The molecule has 1 atom stereocenters. The Balaban J connectivity index is 1.60. The number of rotatable bonds is 3. The number of hydrogen-bond donors (Lipinski definition) is 0. The summed E-state index contributed by atoms with van der Waals surface area (Å²) >= 11 is 0. The number of carbonyl (C=O) groups excluding carboxylic acids is 1. The van der Waals surface area contributed by atoms with Crippen molar-refractivity contribution in [2.45, 2.75) is 12.5 Å². The summed E-state index contributed by atoms with van der Waals surface area (Å²) < 4.78 is 18.2. The van der Waals surface area contributed by atoms with E-state index in [1.165, 1.54) is 18.6 Å². The van der Waals surface area contributed by atoms with Gasteiger partial charge < -0.3 is 9.64 Å². The minimum absolute atomic E-state index is 0.107. The molecule has 7 nitrogen and oxygen atoms in total. The maximum atomic E-state index is 12.7. The smallest absolute Gasteiger partial charge is 0.316 e. The molecule has 1 aliphatic heterocycles. The Labute approximate surface area is 119 Å². The van der Waals surface area contributed by atoms with Crippen molar-refractivity contribution in [2.75, 3.05) is 13.1 Å². The number of amides is 1. The van der Waals surface area contributed by atoms with Crippen LogP contribution in [0.15, 0.2) is 31.0 Å². The zero-order valence-corrected chi connectivity index (χ0v) is 11.0. The van der Waals surface area contributed by atoms with Gasteiger partial charge in [0, 0.05) is 25.4 Å². The lowest BCUT2D eigenvalue weighted by atomic mass is 10.3. The molecule has 108 valence electrons. The predicted octanol–water partition coefficient (Wildman–Crippen LogP) is 0.699. The molecule has 0 aliphatic carbocycles. The van der Waals surface area contributed by atoms with E-state index in [0.29, 0.717) is 25.2 Å². The van der Waals surface area contributed by atoms with Crippen molar-refractivity contribution >= 4 is 5.91 Å². The molecule has 0 saturated carbocycles. The first kappa shape index (κ1) is 13.3. The fourth-order valence-electron chi connectivity index (χ4n) is 2.09. The van der Waals surface area contributed by atoms with Crippen molar-refractivity contribution in [3.63, 3.8) is 0 Å². The van der Waals surface area contributed by atoms with Crippen LogP contribution in [0.5, 0.6) is 6.01 Å². The van der Waals surface area contributed by atoms with Crippen molar-refractivity contribution in [1.82, 2.24) is 24.8 Å². The molecule has 8 heteroatoms. The molecule has 3 heterocycles. The second-order valence-corrected chi connectivity index (χ2v) is 4.55. The van der Waals surface area contributed by atoms with Gasteiger partial charge in [-0.2, -0.15) is 0 Å². The van der Waals surface area contributed by atoms with Crippen LogP contribution in [0.4, 0.5) is 4.39 Å². The molecule has 0 aromatic carbocycles. The summed E-state index contributed by atoms with van der Waals surface area (Å²) in [4.78, 5) is 29.1. The molecule has 0 radical (unpaired) electrons. The summed E-state index contributed by atoms with van der Waals surface area (Å²) in [5.74, 6) is -0.706. The molecule has 1 amide bonds. The maximum absolute atomic E-state index is 12.7. The lowest BCUT2D eigenvalue weighted by Crippen LogP contribution is -2.31. The topological polar surface area (TPSA) is 81.1 Å². The number of aromatic nitrogens is 4. The SMILES string of the molecule is O=C(c1cnccn1)N1CC[C@H](Oc2ncc(F)cn2)C1. The van der Waals surface area contributed by atoms with Crippen LogP contribution in [-0.2, 0) is 0 Å². The zero-order valence-electron chi connectivity index (χ0n) is 11.0. The monoisotopic (exact) mass is 289 g/mol. The third-order valence-electron chi connectivity index (χ3n) is 3.08. The van der Waals surface area contributed by atoms with Crippen LogP contribution in [0.25, 0.3) is 0 Å². The van der Waals surface area contributed by atoms with E-state index in [2.05, 4.69) is 19.9 Å². The highest BCUT2D eigenvalue weighted by atomic mass is 19.1. The van der Waals surface area contributed by atoms with E-state index < -0.39 is 5.82 Å². The molecule has 3 rings (SSSR count). The Morgan fingerprint density at radius 2 is 2.05 bits per heavy atom. The van der Waals surface area contributed by atoms with Crippen molar-refractivity contribution in [3.05, 3.63) is 42.5 Å². The highest BCUT2D eigenvalue weighted by molar-refractivity contribution is 5.92. The first-order valence-electron chi connectivity index (χ1n) is 6.42. The molecule has 0 N–H and O–H groups in total. The van der Waals surface area contributed by atoms with Gasteiger partial charge in [0.15, 0.2) is 5.82 Å². The first-order valence-corrected chi connectivity index (χ1v) is 6.42. The Morgan fingerprint density at radius 1 is 1.24 bits per heavy atom. The second-order valence-electron chi connectivity index (χ2n) is 4.55. The molecule has 1 fully saturated rings. The van der Waals surface area contributed by atoms with Crippen LogP contribution < -0.4 is 4.74 Å². The third-order valence-corrected chi connectivity index (χ3v) is 3.08. The molecule has 0 bridgehead atoms. The lowest BCUT2D eigenvalue weighted by molar-refractivity contribution is 0.0763. The molecule has 2 aromatic rings. The standard InChI is InChI=1S/C13H12FN5O2/c14-9-5-17-13(18-6-9)21-10-1-4-19(8-10)12(20)11-7-15-2-3-16-11/h2-3,5-7,10H,1,4,8H2/t10-/m0/s1. The average molecular weight is 289 g/mol. The summed E-state index contributed by atoms with van der Waals surface area (Å²) in [6.07, 6.45) is 6.95. The molecule has 21 heavy (non-hydrogen) atoms. The Hall–Kier alpha value is -2.64. The number of ether oxygens (including phenoxy) is 1. The van der Waals surface area contributed by atoms with Crippen LogP contribution in [0.2, 0.25) is 0 Å². The molecular formula is C13H12FN5O2. The van der Waals surface area contributed by atoms with E-state index in [1.54, 1.807) is 4.90 Å². The van der Waals surface area contributed by atoms with Gasteiger partial charge in [-0.3, -0.25) is 9.78 Å². The fraction of sp³-hybridized carbons (Fsp3) is 0.308. The van der Waals surface area contributed by atoms with Crippen LogP contribution in [0.3, 0.4) is 0 Å². The van der Waals surface area contributed by atoms with Gasteiger partial charge in [-0.05, 0) is 0 Å². The number of halogens is 1. The zero-order chi connectivity index (χ0) is 14.7. The fourth-order valence-corrected chi connectivity index (χ4v) is 2.09. The lowest BCUT2D eigenvalue weighted by Gasteiger charge is -2.15. The summed E-state index contributed by atoms with van der Waals surface area (Å²) in [5.41, 5.74) is 0.302. The molecule has 1 aliphatic rings. The van der Waals surface area contributed by atoms with Crippen molar-refractivity contribution < 1.29 is 13.9 Å². The van der Waals surface area contributed by atoms with E-state index >= 15 is 0 Å². The van der Waals surface area contributed by atoms with Gasteiger partial charge in [0.25, 0.3) is 5.91 Å². The van der Waals surface area contributed by atoms with Crippen molar-refractivity contribution in [2.24, 2.45) is 0 Å². The largest absolute Gasteiger partial charge is 0.458 e. The predicted molar refractivity (Wildman–Crippen MR) is 69.0 cm³/mol. The van der Waals surface area contributed by atoms with Gasteiger partial charge >= 0.3 is 6.01 Å². The Kier molecular flexibility index (Phi) is 3.67. The summed E-state index contributed by atoms with van der Waals surface area (Å²) in [6, 6.07) is 0.107. The van der Waals surface area contributed by atoms with E-state index in [-0.39, 0.29) is 18.0 Å². The Morgan fingerprint density at radius 3 is 2.76 bits per heavy atom.